The molecule has 1 saturated heterocycles. The minimum Gasteiger partial charge on any atom is -0.462 e. The lowest BCUT2D eigenvalue weighted by atomic mass is 9.86. The molecule has 0 spiro atoms. The van der Waals surface area contributed by atoms with Crippen LogP contribution in [0.4, 0.5) is 0 Å². The van der Waals surface area contributed by atoms with Crippen LogP contribution in [0.25, 0.3) is 0 Å². The summed E-state index contributed by atoms with van der Waals surface area (Å²) < 4.78 is 5.38. The van der Waals surface area contributed by atoms with Gasteiger partial charge in [0, 0.05) is 6.42 Å². The second kappa shape index (κ2) is 4.33. The van der Waals surface area contributed by atoms with E-state index in [1.54, 1.807) is 0 Å². The smallest absolute Gasteiger partial charge is 0.306 e. The second-order valence-corrected chi connectivity index (χ2v) is 4.73. The maximum Gasteiger partial charge on any atom is 0.306 e. The van der Waals surface area contributed by atoms with Gasteiger partial charge in [-0.2, -0.15) is 0 Å². The molecule has 0 aromatic rings. The first-order chi connectivity index (χ1) is 6.81. The Morgan fingerprint density at radius 1 is 1.36 bits per heavy atom. The first-order valence-electron chi connectivity index (χ1n) is 6.00. The Kier molecular flexibility index (Phi) is 3.09. The quantitative estimate of drug-likeness (QED) is 0.510. The largest absolute Gasteiger partial charge is 0.462 e. The van der Waals surface area contributed by atoms with E-state index in [9.17, 15) is 4.79 Å². The van der Waals surface area contributed by atoms with Gasteiger partial charge >= 0.3 is 5.97 Å². The lowest BCUT2D eigenvalue weighted by molar-refractivity contribution is -0.157. The maximum absolute atomic E-state index is 11.2. The van der Waals surface area contributed by atoms with Crippen molar-refractivity contribution in [1.82, 2.24) is 0 Å². The number of esters is 1. The Balaban J connectivity index is 1.84. The summed E-state index contributed by atoms with van der Waals surface area (Å²) in [5.74, 6) is 1.39. The predicted molar refractivity (Wildman–Crippen MR) is 54.9 cm³/mol. The van der Waals surface area contributed by atoms with E-state index in [-0.39, 0.29) is 12.1 Å². The first-order valence-corrected chi connectivity index (χ1v) is 6.00. The van der Waals surface area contributed by atoms with Gasteiger partial charge in [-0.05, 0) is 31.1 Å². The van der Waals surface area contributed by atoms with Crippen LogP contribution in [0.15, 0.2) is 0 Å². The highest BCUT2D eigenvalue weighted by atomic mass is 16.5. The van der Waals surface area contributed by atoms with E-state index >= 15 is 0 Å². The second-order valence-electron chi connectivity index (χ2n) is 4.73. The standard InChI is InChI=1S/C12H20O2/c1-2-3-4-5-10-9-6-7-11(10)14-12(13)8-9/h9-11H,2-8H2,1H3/t9?,10-,11+/m0/s1. The van der Waals surface area contributed by atoms with Crippen LogP contribution >= 0.6 is 0 Å². The van der Waals surface area contributed by atoms with Crippen molar-refractivity contribution in [3.05, 3.63) is 0 Å². The van der Waals surface area contributed by atoms with Crippen LogP contribution in [-0.4, -0.2) is 12.1 Å². The van der Waals surface area contributed by atoms with Gasteiger partial charge in [0.2, 0.25) is 0 Å². The Hall–Kier alpha value is -0.530. The fourth-order valence-corrected chi connectivity index (χ4v) is 2.99. The third-order valence-corrected chi connectivity index (χ3v) is 3.76. The highest BCUT2D eigenvalue weighted by Gasteiger charge is 2.43. The molecule has 2 heteroatoms. The molecule has 3 atom stereocenters. The van der Waals surface area contributed by atoms with Gasteiger partial charge in [0.1, 0.15) is 6.10 Å². The summed E-state index contributed by atoms with van der Waals surface area (Å²) in [6.45, 7) is 2.23. The van der Waals surface area contributed by atoms with Gasteiger partial charge in [0.15, 0.2) is 0 Å². The Morgan fingerprint density at radius 3 is 2.93 bits per heavy atom. The van der Waals surface area contributed by atoms with Crippen LogP contribution in [0.1, 0.15) is 51.9 Å². The number of fused-ring (bicyclic) bond motifs is 2. The molecule has 2 fully saturated rings. The van der Waals surface area contributed by atoms with Crippen molar-refractivity contribution in [1.29, 1.82) is 0 Å². The van der Waals surface area contributed by atoms with E-state index in [1.165, 1.54) is 32.1 Å². The van der Waals surface area contributed by atoms with Gasteiger partial charge < -0.3 is 4.74 Å². The normalized spacial score (nSPS) is 35.8. The van der Waals surface area contributed by atoms with Gasteiger partial charge in [-0.15, -0.1) is 0 Å². The molecule has 0 amide bonds. The highest BCUT2D eigenvalue weighted by molar-refractivity contribution is 5.71. The van der Waals surface area contributed by atoms with Crippen LogP contribution < -0.4 is 0 Å². The summed E-state index contributed by atoms with van der Waals surface area (Å²) in [6, 6.07) is 0. The van der Waals surface area contributed by atoms with Crippen LogP contribution in [0.2, 0.25) is 0 Å². The van der Waals surface area contributed by atoms with Crippen molar-refractivity contribution in [3.63, 3.8) is 0 Å². The van der Waals surface area contributed by atoms with Gasteiger partial charge in [0.25, 0.3) is 0 Å². The molecule has 1 unspecified atom stereocenters. The molecule has 2 bridgehead atoms. The van der Waals surface area contributed by atoms with Crippen molar-refractivity contribution in [3.8, 4) is 0 Å². The number of ether oxygens (including phenoxy) is 1. The van der Waals surface area contributed by atoms with Crippen LogP contribution in [0, 0.1) is 11.8 Å². The lowest BCUT2D eigenvalue weighted by Crippen LogP contribution is -2.32. The molecule has 1 aliphatic heterocycles. The van der Waals surface area contributed by atoms with Crippen molar-refractivity contribution < 1.29 is 9.53 Å². The molecule has 14 heavy (non-hydrogen) atoms. The molecule has 0 radical (unpaired) electrons. The molecule has 2 nitrogen and oxygen atoms in total. The van der Waals surface area contributed by atoms with Crippen molar-refractivity contribution in [2.24, 2.45) is 11.8 Å². The average molecular weight is 196 g/mol. The lowest BCUT2D eigenvalue weighted by Gasteiger charge is -2.29. The zero-order chi connectivity index (χ0) is 9.97. The van der Waals surface area contributed by atoms with E-state index in [2.05, 4.69) is 6.92 Å². The number of carbonyl (C=O) groups excluding carboxylic acids is 1. The molecule has 2 aliphatic rings. The van der Waals surface area contributed by atoms with Crippen molar-refractivity contribution in [2.75, 3.05) is 0 Å². The van der Waals surface area contributed by atoms with E-state index < -0.39 is 0 Å². The molecule has 80 valence electrons. The molecular formula is C12H20O2. The number of hydrogen-bond acceptors (Lipinski definition) is 2. The molecular weight excluding hydrogens is 176 g/mol. The molecule has 1 saturated carbocycles. The van der Waals surface area contributed by atoms with Crippen molar-refractivity contribution in [2.45, 2.75) is 58.0 Å². The maximum atomic E-state index is 11.2. The van der Waals surface area contributed by atoms with E-state index in [0.29, 0.717) is 18.3 Å². The topological polar surface area (TPSA) is 26.3 Å². The number of unbranched alkanes of at least 4 members (excludes halogenated alkanes) is 2. The van der Waals surface area contributed by atoms with Gasteiger partial charge in [-0.25, -0.2) is 0 Å². The number of carbonyl (C=O) groups is 1. The fraction of sp³-hybridized carbons (Fsp3) is 0.917. The fourth-order valence-electron chi connectivity index (χ4n) is 2.99. The zero-order valence-corrected chi connectivity index (χ0v) is 9.00. The minimum absolute atomic E-state index is 0.0456. The first kappa shape index (κ1) is 10.0. The molecule has 2 rings (SSSR count). The number of hydrogen-bond donors (Lipinski definition) is 0. The SMILES string of the molecule is CCCCC[C@H]1C2CC[C@H]1OC(=O)C2. The van der Waals surface area contributed by atoms with Gasteiger partial charge in [-0.1, -0.05) is 26.2 Å². The number of rotatable bonds is 4. The Bertz CT molecular complexity index is 196. The summed E-state index contributed by atoms with van der Waals surface area (Å²) in [5.41, 5.74) is 0. The van der Waals surface area contributed by atoms with E-state index in [0.717, 1.165) is 6.42 Å². The minimum atomic E-state index is 0.0456. The Morgan fingerprint density at radius 2 is 2.21 bits per heavy atom. The van der Waals surface area contributed by atoms with E-state index in [1.807, 2.05) is 0 Å². The average Bonchev–Trinajstić information content (AvgIpc) is 2.42. The Labute approximate surface area is 86.0 Å². The third kappa shape index (κ3) is 1.94. The van der Waals surface area contributed by atoms with Crippen LogP contribution in [0.5, 0.6) is 0 Å². The predicted octanol–water partition coefficient (Wildman–Crippen LogP) is 2.91. The van der Waals surface area contributed by atoms with Gasteiger partial charge in [0.05, 0.1) is 0 Å². The summed E-state index contributed by atoms with van der Waals surface area (Å²) in [5, 5.41) is 0. The summed E-state index contributed by atoms with van der Waals surface area (Å²) in [6.07, 6.45) is 8.49. The third-order valence-electron chi connectivity index (χ3n) is 3.76. The molecule has 1 aliphatic carbocycles. The van der Waals surface area contributed by atoms with Crippen molar-refractivity contribution >= 4 is 5.97 Å². The van der Waals surface area contributed by atoms with E-state index in [4.69, 9.17) is 4.74 Å². The van der Waals surface area contributed by atoms with Gasteiger partial charge in [-0.3, -0.25) is 4.79 Å². The summed E-state index contributed by atoms with van der Waals surface area (Å²) in [7, 11) is 0. The molecule has 0 aromatic carbocycles. The highest BCUT2D eigenvalue weighted by Crippen LogP contribution is 2.43. The summed E-state index contributed by atoms with van der Waals surface area (Å²) >= 11 is 0. The zero-order valence-electron chi connectivity index (χ0n) is 9.00. The molecule has 0 aromatic heterocycles. The summed E-state index contributed by atoms with van der Waals surface area (Å²) in [4.78, 5) is 11.2. The van der Waals surface area contributed by atoms with Crippen LogP contribution in [-0.2, 0) is 9.53 Å². The van der Waals surface area contributed by atoms with Crippen LogP contribution in [0.3, 0.4) is 0 Å². The molecule has 0 N–H and O–H groups in total. The monoisotopic (exact) mass is 196 g/mol. The molecule has 1 heterocycles.